The fourth-order valence-corrected chi connectivity index (χ4v) is 1.77. The Kier molecular flexibility index (Phi) is 3.62. The average molecular weight is 229 g/mol. The van der Waals surface area contributed by atoms with E-state index >= 15 is 0 Å². The second-order valence-electron chi connectivity index (χ2n) is 4.44. The third-order valence-corrected chi connectivity index (χ3v) is 3.02. The van der Waals surface area contributed by atoms with E-state index < -0.39 is 0 Å². The van der Waals surface area contributed by atoms with Crippen LogP contribution < -0.4 is 0 Å². The number of rotatable bonds is 3. The standard InChI is InChI=1S/C15H19NO/c1-4-11(2)10-14-12(3)17-15(16-14)13-8-6-5-7-9-13/h6,8-10H,4-5,7H2,1-3H3/b11-10-. The van der Waals surface area contributed by atoms with Gasteiger partial charge in [0.2, 0.25) is 5.89 Å². The van der Waals surface area contributed by atoms with Crippen molar-refractivity contribution in [3.63, 3.8) is 0 Å². The SMILES string of the molecule is CC/C(C)=C\c1nc(C2=CCCC=C2)oc1C. The molecule has 0 spiro atoms. The van der Waals surface area contributed by atoms with Crippen molar-refractivity contribution >= 4 is 11.6 Å². The molecule has 1 aliphatic rings. The molecule has 1 aliphatic carbocycles. The van der Waals surface area contributed by atoms with Crippen molar-refractivity contribution in [3.05, 3.63) is 41.1 Å². The van der Waals surface area contributed by atoms with E-state index in [1.165, 1.54) is 5.57 Å². The quantitative estimate of drug-likeness (QED) is 0.761. The van der Waals surface area contributed by atoms with Gasteiger partial charge >= 0.3 is 0 Å². The van der Waals surface area contributed by atoms with Crippen LogP contribution in [0.1, 0.15) is 50.5 Å². The van der Waals surface area contributed by atoms with Gasteiger partial charge in [-0.05, 0) is 39.2 Å². The highest BCUT2D eigenvalue weighted by molar-refractivity contribution is 5.70. The molecule has 2 rings (SSSR count). The van der Waals surface area contributed by atoms with E-state index in [0.29, 0.717) is 0 Å². The second-order valence-corrected chi connectivity index (χ2v) is 4.44. The van der Waals surface area contributed by atoms with Crippen LogP contribution in [0.3, 0.4) is 0 Å². The first-order chi connectivity index (χ1) is 8.20. The molecule has 0 N–H and O–H groups in total. The maximum absolute atomic E-state index is 5.72. The van der Waals surface area contributed by atoms with Gasteiger partial charge in [0.25, 0.3) is 0 Å². The normalized spacial score (nSPS) is 16.2. The summed E-state index contributed by atoms with van der Waals surface area (Å²) in [5.41, 5.74) is 3.38. The van der Waals surface area contributed by atoms with Crippen molar-refractivity contribution in [2.45, 2.75) is 40.0 Å². The van der Waals surface area contributed by atoms with Crippen LogP contribution in [0, 0.1) is 6.92 Å². The smallest absolute Gasteiger partial charge is 0.226 e. The van der Waals surface area contributed by atoms with Crippen LogP contribution in [-0.4, -0.2) is 4.98 Å². The number of allylic oxidation sites excluding steroid dienone is 5. The zero-order valence-corrected chi connectivity index (χ0v) is 10.8. The molecule has 0 saturated carbocycles. The Hall–Kier alpha value is -1.57. The molecule has 1 aromatic heterocycles. The summed E-state index contributed by atoms with van der Waals surface area (Å²) in [6.07, 6.45) is 11.8. The van der Waals surface area contributed by atoms with Crippen LogP contribution in [0.5, 0.6) is 0 Å². The number of oxazole rings is 1. The van der Waals surface area contributed by atoms with Gasteiger partial charge in [0, 0.05) is 5.57 Å². The third kappa shape index (κ3) is 2.76. The molecule has 1 heterocycles. The lowest BCUT2D eigenvalue weighted by atomic mass is 10.1. The number of hydrogen-bond acceptors (Lipinski definition) is 2. The molecule has 0 unspecified atom stereocenters. The van der Waals surface area contributed by atoms with Gasteiger partial charge in [0.05, 0.1) is 0 Å². The van der Waals surface area contributed by atoms with Gasteiger partial charge in [-0.15, -0.1) is 0 Å². The molecular weight excluding hydrogens is 210 g/mol. The molecule has 0 saturated heterocycles. The maximum Gasteiger partial charge on any atom is 0.226 e. The van der Waals surface area contributed by atoms with E-state index in [4.69, 9.17) is 4.42 Å². The van der Waals surface area contributed by atoms with Crippen molar-refractivity contribution in [1.82, 2.24) is 4.98 Å². The summed E-state index contributed by atoms with van der Waals surface area (Å²) in [5.74, 6) is 1.64. The monoisotopic (exact) mass is 229 g/mol. The van der Waals surface area contributed by atoms with E-state index in [1.807, 2.05) is 6.92 Å². The molecular formula is C15H19NO. The van der Waals surface area contributed by atoms with Crippen molar-refractivity contribution in [1.29, 1.82) is 0 Å². The van der Waals surface area contributed by atoms with Crippen LogP contribution in [0.25, 0.3) is 11.6 Å². The Bertz CT molecular complexity index is 489. The molecule has 17 heavy (non-hydrogen) atoms. The molecule has 0 radical (unpaired) electrons. The number of aryl methyl sites for hydroxylation is 1. The molecule has 0 fully saturated rings. The predicted molar refractivity (Wildman–Crippen MR) is 71.5 cm³/mol. The van der Waals surface area contributed by atoms with E-state index in [2.05, 4.69) is 43.1 Å². The fourth-order valence-electron chi connectivity index (χ4n) is 1.77. The van der Waals surface area contributed by atoms with Gasteiger partial charge < -0.3 is 4.42 Å². The van der Waals surface area contributed by atoms with Crippen LogP contribution in [0.4, 0.5) is 0 Å². The van der Waals surface area contributed by atoms with Gasteiger partial charge in [-0.3, -0.25) is 0 Å². The van der Waals surface area contributed by atoms with Crippen LogP contribution in [0.15, 0.2) is 28.2 Å². The van der Waals surface area contributed by atoms with E-state index in [9.17, 15) is 0 Å². The first-order valence-electron chi connectivity index (χ1n) is 6.22. The number of aromatic nitrogens is 1. The van der Waals surface area contributed by atoms with Crippen molar-refractivity contribution in [2.24, 2.45) is 0 Å². The molecule has 0 atom stereocenters. The fraction of sp³-hybridized carbons (Fsp3) is 0.400. The lowest BCUT2D eigenvalue weighted by molar-refractivity contribution is 0.513. The van der Waals surface area contributed by atoms with E-state index in [1.54, 1.807) is 0 Å². The first kappa shape index (κ1) is 11.9. The predicted octanol–water partition coefficient (Wildman–Crippen LogP) is 4.53. The summed E-state index contributed by atoms with van der Waals surface area (Å²) in [6, 6.07) is 0. The molecule has 0 aliphatic heterocycles. The topological polar surface area (TPSA) is 26.0 Å². The van der Waals surface area contributed by atoms with E-state index in [0.717, 1.165) is 42.2 Å². The molecule has 0 aromatic carbocycles. The zero-order valence-electron chi connectivity index (χ0n) is 10.8. The second kappa shape index (κ2) is 5.17. The molecule has 1 aromatic rings. The Balaban J connectivity index is 2.30. The molecule has 2 heteroatoms. The van der Waals surface area contributed by atoms with Gasteiger partial charge in [-0.1, -0.05) is 30.7 Å². The number of hydrogen-bond donors (Lipinski definition) is 0. The minimum absolute atomic E-state index is 0.744. The Morgan fingerprint density at radius 1 is 1.47 bits per heavy atom. The summed E-state index contributed by atoms with van der Waals surface area (Å²) >= 11 is 0. The molecule has 0 bridgehead atoms. The Morgan fingerprint density at radius 3 is 2.94 bits per heavy atom. The van der Waals surface area contributed by atoms with Crippen molar-refractivity contribution < 1.29 is 4.42 Å². The molecule has 90 valence electrons. The number of nitrogens with zero attached hydrogens (tertiary/aromatic N) is 1. The summed E-state index contributed by atoms with van der Waals surface area (Å²) < 4.78 is 5.72. The lowest BCUT2D eigenvalue weighted by Gasteiger charge is -2.01. The summed E-state index contributed by atoms with van der Waals surface area (Å²) in [5, 5.41) is 0. The maximum atomic E-state index is 5.72. The Labute approximate surface area is 103 Å². The van der Waals surface area contributed by atoms with Crippen molar-refractivity contribution in [2.75, 3.05) is 0 Å². The average Bonchev–Trinajstić information content (AvgIpc) is 2.72. The van der Waals surface area contributed by atoms with E-state index in [-0.39, 0.29) is 0 Å². The largest absolute Gasteiger partial charge is 0.441 e. The minimum Gasteiger partial charge on any atom is -0.441 e. The molecule has 2 nitrogen and oxygen atoms in total. The van der Waals surface area contributed by atoms with Crippen LogP contribution >= 0.6 is 0 Å². The summed E-state index contributed by atoms with van der Waals surface area (Å²) in [7, 11) is 0. The van der Waals surface area contributed by atoms with Gasteiger partial charge in [-0.25, -0.2) is 4.98 Å². The van der Waals surface area contributed by atoms with Crippen LogP contribution in [-0.2, 0) is 0 Å². The summed E-state index contributed by atoms with van der Waals surface area (Å²) in [6.45, 7) is 6.24. The third-order valence-electron chi connectivity index (χ3n) is 3.02. The highest BCUT2D eigenvalue weighted by Crippen LogP contribution is 2.24. The van der Waals surface area contributed by atoms with Crippen LogP contribution in [0.2, 0.25) is 0 Å². The molecule has 0 amide bonds. The first-order valence-corrected chi connectivity index (χ1v) is 6.22. The highest BCUT2D eigenvalue weighted by atomic mass is 16.4. The van der Waals surface area contributed by atoms with Gasteiger partial charge in [-0.2, -0.15) is 0 Å². The lowest BCUT2D eigenvalue weighted by Crippen LogP contribution is -1.86. The van der Waals surface area contributed by atoms with Crippen molar-refractivity contribution in [3.8, 4) is 0 Å². The van der Waals surface area contributed by atoms with Gasteiger partial charge in [0.15, 0.2) is 0 Å². The zero-order chi connectivity index (χ0) is 12.3. The highest BCUT2D eigenvalue weighted by Gasteiger charge is 2.11. The van der Waals surface area contributed by atoms with Gasteiger partial charge in [0.1, 0.15) is 11.5 Å². The minimum atomic E-state index is 0.744. The Morgan fingerprint density at radius 2 is 2.29 bits per heavy atom. The summed E-state index contributed by atoms with van der Waals surface area (Å²) in [4.78, 5) is 4.56.